The van der Waals surface area contributed by atoms with Crippen molar-refractivity contribution >= 4 is 15.9 Å². The molecule has 7 heteroatoms. The van der Waals surface area contributed by atoms with Gasteiger partial charge in [0.25, 0.3) is 5.91 Å². The summed E-state index contributed by atoms with van der Waals surface area (Å²) in [6, 6.07) is 3.97. The van der Waals surface area contributed by atoms with Crippen molar-refractivity contribution < 1.29 is 17.6 Å². The highest BCUT2D eigenvalue weighted by Gasteiger charge is 2.38. The van der Waals surface area contributed by atoms with Gasteiger partial charge in [0, 0.05) is 30.7 Å². The van der Waals surface area contributed by atoms with Gasteiger partial charge in [-0.15, -0.1) is 0 Å². The monoisotopic (exact) mass is 396 g/mol. The van der Waals surface area contributed by atoms with Gasteiger partial charge in [0.1, 0.15) is 10.7 Å². The minimum atomic E-state index is -3.93. The lowest BCUT2D eigenvalue weighted by Gasteiger charge is -2.32. The maximum atomic E-state index is 14.4. The molecule has 1 saturated heterocycles. The fourth-order valence-electron chi connectivity index (χ4n) is 3.58. The predicted octanol–water partition coefficient (Wildman–Crippen LogP) is 3.65. The number of piperidine rings is 1. The minimum Gasteiger partial charge on any atom is -0.333 e. The number of carbonyl (C=O) groups is 1. The van der Waals surface area contributed by atoms with Crippen LogP contribution in [-0.4, -0.2) is 48.7 Å². The summed E-state index contributed by atoms with van der Waals surface area (Å²) in [4.78, 5) is 14.6. The second-order valence-corrected chi connectivity index (χ2v) is 9.94. The van der Waals surface area contributed by atoms with E-state index in [-0.39, 0.29) is 34.4 Å². The van der Waals surface area contributed by atoms with E-state index in [1.54, 1.807) is 0 Å². The van der Waals surface area contributed by atoms with Crippen LogP contribution < -0.4 is 0 Å². The molecule has 1 aliphatic heterocycles. The van der Waals surface area contributed by atoms with Crippen molar-refractivity contribution in [3.8, 4) is 0 Å². The summed E-state index contributed by atoms with van der Waals surface area (Å²) < 4.78 is 41.5. The van der Waals surface area contributed by atoms with Crippen molar-refractivity contribution in [3.63, 3.8) is 0 Å². The fourth-order valence-corrected chi connectivity index (χ4v) is 5.19. The van der Waals surface area contributed by atoms with Crippen molar-refractivity contribution in [1.82, 2.24) is 9.21 Å². The van der Waals surface area contributed by atoms with Gasteiger partial charge in [0.15, 0.2) is 0 Å². The van der Waals surface area contributed by atoms with Gasteiger partial charge in [0.05, 0.1) is 0 Å². The highest BCUT2D eigenvalue weighted by Crippen LogP contribution is 2.33. The number of amides is 1. The molecule has 150 valence electrons. The summed E-state index contributed by atoms with van der Waals surface area (Å²) in [5, 5.41) is 0. The zero-order valence-corrected chi connectivity index (χ0v) is 17.1. The molecular formula is C20H29FN2O3S. The molecule has 1 atom stereocenters. The number of carbonyl (C=O) groups excluding carboxylic acids is 1. The highest BCUT2D eigenvalue weighted by atomic mass is 32.2. The molecule has 1 amide bonds. The molecule has 0 spiro atoms. The number of benzene rings is 1. The van der Waals surface area contributed by atoms with Crippen LogP contribution in [0, 0.1) is 11.7 Å². The number of halogens is 1. The molecular weight excluding hydrogens is 367 g/mol. The molecule has 0 N–H and O–H groups in total. The zero-order chi connectivity index (χ0) is 19.8. The molecule has 2 fully saturated rings. The SMILES string of the molecule is CC(C)C(C)N(C(=O)c1ccc(F)c(S(=O)(=O)N2CCCCC2)c1)C1CC1. The Labute approximate surface area is 161 Å². The van der Waals surface area contributed by atoms with E-state index in [1.807, 2.05) is 11.8 Å². The first-order valence-electron chi connectivity index (χ1n) is 9.86. The van der Waals surface area contributed by atoms with Crippen LogP contribution in [0.25, 0.3) is 0 Å². The maximum absolute atomic E-state index is 14.4. The average Bonchev–Trinajstić information content (AvgIpc) is 3.47. The van der Waals surface area contributed by atoms with Gasteiger partial charge in [-0.05, 0) is 56.7 Å². The number of hydrogen-bond acceptors (Lipinski definition) is 3. The fraction of sp³-hybridized carbons (Fsp3) is 0.650. The first-order chi connectivity index (χ1) is 12.7. The second kappa shape index (κ2) is 7.87. The molecule has 0 aromatic heterocycles. The molecule has 3 rings (SSSR count). The van der Waals surface area contributed by atoms with E-state index in [9.17, 15) is 17.6 Å². The van der Waals surface area contributed by atoms with E-state index in [0.717, 1.165) is 38.2 Å². The number of sulfonamides is 1. The Kier molecular flexibility index (Phi) is 5.91. The lowest BCUT2D eigenvalue weighted by Crippen LogP contribution is -2.43. The van der Waals surface area contributed by atoms with Crippen LogP contribution in [0.15, 0.2) is 23.1 Å². The van der Waals surface area contributed by atoms with E-state index < -0.39 is 15.8 Å². The van der Waals surface area contributed by atoms with Crippen LogP contribution in [0.3, 0.4) is 0 Å². The molecule has 1 unspecified atom stereocenters. The lowest BCUT2D eigenvalue weighted by molar-refractivity contribution is 0.0627. The summed E-state index contributed by atoms with van der Waals surface area (Å²) in [6.45, 7) is 6.93. The van der Waals surface area contributed by atoms with Crippen LogP contribution in [0.2, 0.25) is 0 Å². The first-order valence-corrected chi connectivity index (χ1v) is 11.3. The Hall–Kier alpha value is -1.47. The lowest BCUT2D eigenvalue weighted by atomic mass is 10.0. The third-order valence-corrected chi connectivity index (χ3v) is 7.60. The van der Waals surface area contributed by atoms with Crippen LogP contribution in [0.1, 0.15) is 63.2 Å². The standard InChI is InChI=1S/C20H29FN2O3S/c1-14(2)15(3)23(17-8-9-17)20(24)16-7-10-18(21)19(13-16)27(25,26)22-11-5-4-6-12-22/h7,10,13-15,17H,4-6,8-9,11-12H2,1-3H3. The molecule has 1 aromatic rings. The molecule has 1 aromatic carbocycles. The van der Waals surface area contributed by atoms with Gasteiger partial charge in [-0.2, -0.15) is 4.31 Å². The number of hydrogen-bond donors (Lipinski definition) is 0. The third kappa shape index (κ3) is 4.19. The average molecular weight is 397 g/mol. The summed E-state index contributed by atoms with van der Waals surface area (Å²) in [6.07, 6.45) is 4.46. The van der Waals surface area contributed by atoms with Crippen molar-refractivity contribution in [2.75, 3.05) is 13.1 Å². The van der Waals surface area contributed by atoms with E-state index in [4.69, 9.17) is 0 Å². The van der Waals surface area contributed by atoms with E-state index in [0.29, 0.717) is 13.1 Å². The van der Waals surface area contributed by atoms with Gasteiger partial charge in [-0.1, -0.05) is 20.3 Å². The molecule has 1 aliphatic carbocycles. The zero-order valence-electron chi connectivity index (χ0n) is 16.3. The smallest absolute Gasteiger partial charge is 0.254 e. The topological polar surface area (TPSA) is 57.7 Å². The molecule has 0 bridgehead atoms. The normalized spacial score (nSPS) is 19.9. The Bertz CT molecular complexity index is 799. The van der Waals surface area contributed by atoms with E-state index in [2.05, 4.69) is 13.8 Å². The predicted molar refractivity (Wildman–Crippen MR) is 103 cm³/mol. The van der Waals surface area contributed by atoms with E-state index >= 15 is 0 Å². The minimum absolute atomic E-state index is 0.0391. The van der Waals surface area contributed by atoms with Crippen LogP contribution in [0.4, 0.5) is 4.39 Å². The summed E-state index contributed by atoms with van der Waals surface area (Å²) in [7, 11) is -3.93. The van der Waals surface area contributed by atoms with Gasteiger partial charge in [0.2, 0.25) is 10.0 Å². The van der Waals surface area contributed by atoms with Crippen molar-refractivity contribution in [2.45, 2.75) is 69.9 Å². The van der Waals surface area contributed by atoms with Crippen LogP contribution >= 0.6 is 0 Å². The van der Waals surface area contributed by atoms with Crippen LogP contribution in [0.5, 0.6) is 0 Å². The highest BCUT2D eigenvalue weighted by molar-refractivity contribution is 7.89. The van der Waals surface area contributed by atoms with E-state index in [1.165, 1.54) is 16.4 Å². The van der Waals surface area contributed by atoms with Gasteiger partial charge >= 0.3 is 0 Å². The van der Waals surface area contributed by atoms with Gasteiger partial charge in [-0.25, -0.2) is 12.8 Å². The van der Waals surface area contributed by atoms with Crippen molar-refractivity contribution in [2.24, 2.45) is 5.92 Å². The number of nitrogens with zero attached hydrogens (tertiary/aromatic N) is 2. The van der Waals surface area contributed by atoms with Crippen molar-refractivity contribution in [1.29, 1.82) is 0 Å². The van der Waals surface area contributed by atoms with Crippen molar-refractivity contribution in [3.05, 3.63) is 29.6 Å². The molecule has 0 radical (unpaired) electrons. The quantitative estimate of drug-likeness (QED) is 0.737. The Morgan fingerprint density at radius 3 is 2.33 bits per heavy atom. The Balaban J connectivity index is 1.93. The Morgan fingerprint density at radius 1 is 1.15 bits per heavy atom. The second-order valence-electron chi connectivity index (χ2n) is 8.04. The van der Waals surface area contributed by atoms with Gasteiger partial charge in [-0.3, -0.25) is 4.79 Å². The summed E-state index contributed by atoms with van der Waals surface area (Å²) >= 11 is 0. The summed E-state index contributed by atoms with van der Waals surface area (Å²) in [5.74, 6) is -0.729. The third-order valence-electron chi connectivity index (χ3n) is 5.69. The molecule has 5 nitrogen and oxygen atoms in total. The van der Waals surface area contributed by atoms with Crippen LogP contribution in [-0.2, 0) is 10.0 Å². The van der Waals surface area contributed by atoms with Gasteiger partial charge < -0.3 is 4.90 Å². The number of rotatable bonds is 6. The molecule has 1 saturated carbocycles. The molecule has 2 aliphatic rings. The first kappa shape index (κ1) is 20.3. The molecule has 1 heterocycles. The summed E-state index contributed by atoms with van der Waals surface area (Å²) in [5.41, 5.74) is 0.242. The maximum Gasteiger partial charge on any atom is 0.254 e. The Morgan fingerprint density at radius 2 is 1.78 bits per heavy atom. The molecule has 27 heavy (non-hydrogen) atoms. The largest absolute Gasteiger partial charge is 0.333 e.